The number of amides is 2. The van der Waals surface area contributed by atoms with E-state index in [0.29, 0.717) is 12.3 Å². The Hall–Kier alpha value is -2.41. The van der Waals surface area contributed by atoms with Gasteiger partial charge in [0.2, 0.25) is 11.8 Å². The van der Waals surface area contributed by atoms with Gasteiger partial charge in [0, 0.05) is 24.4 Å². The molecule has 0 spiro atoms. The molecule has 2 atom stereocenters. The Labute approximate surface area is 175 Å². The van der Waals surface area contributed by atoms with Gasteiger partial charge in [0.05, 0.1) is 12.6 Å². The van der Waals surface area contributed by atoms with Crippen molar-refractivity contribution >= 4 is 23.2 Å². The Morgan fingerprint density at radius 1 is 1.31 bits per heavy atom. The Morgan fingerprint density at radius 2 is 2.03 bits per heavy atom. The molecule has 1 aromatic carbocycles. The quantitative estimate of drug-likeness (QED) is 0.682. The van der Waals surface area contributed by atoms with Crippen LogP contribution in [0.25, 0.3) is 0 Å². The fourth-order valence-electron chi connectivity index (χ4n) is 3.62. The summed E-state index contributed by atoms with van der Waals surface area (Å²) in [4.78, 5) is 29.9. The summed E-state index contributed by atoms with van der Waals surface area (Å²) in [7, 11) is 0. The number of carbonyl (C=O) groups excluding carboxylic acids is 2. The first-order valence-electron chi connectivity index (χ1n) is 9.92. The molecule has 1 aromatic heterocycles. The molecule has 0 radical (unpaired) electrons. The van der Waals surface area contributed by atoms with Crippen molar-refractivity contribution in [3.05, 3.63) is 52.0 Å². The molecule has 156 valence electrons. The van der Waals surface area contributed by atoms with E-state index in [9.17, 15) is 14.0 Å². The molecule has 0 saturated carbocycles. The second-order valence-electron chi connectivity index (χ2n) is 7.32. The maximum Gasteiger partial charge on any atom is 0.242 e. The van der Waals surface area contributed by atoms with Gasteiger partial charge in [-0.15, -0.1) is 11.3 Å². The third kappa shape index (κ3) is 4.96. The van der Waals surface area contributed by atoms with Gasteiger partial charge in [0.1, 0.15) is 18.2 Å². The van der Waals surface area contributed by atoms with Crippen molar-refractivity contribution in [3.8, 4) is 5.75 Å². The monoisotopic (exact) mass is 418 g/mol. The zero-order valence-electron chi connectivity index (χ0n) is 17.1. The average Bonchev–Trinajstić information content (AvgIpc) is 3.19. The minimum atomic E-state index is -0.318. The van der Waals surface area contributed by atoms with Crippen LogP contribution in [-0.2, 0) is 16.0 Å². The first kappa shape index (κ1) is 21.3. The van der Waals surface area contributed by atoms with Crippen LogP contribution in [0, 0.1) is 5.82 Å². The molecule has 5 nitrogen and oxygen atoms in total. The largest absolute Gasteiger partial charge is 0.491 e. The molecule has 0 bridgehead atoms. The molecule has 2 heterocycles. The highest BCUT2D eigenvalue weighted by molar-refractivity contribution is 7.10. The molecule has 1 aliphatic rings. The summed E-state index contributed by atoms with van der Waals surface area (Å²) < 4.78 is 19.0. The number of halogens is 1. The topological polar surface area (TPSA) is 49.9 Å². The molecule has 0 aliphatic carbocycles. The van der Waals surface area contributed by atoms with Crippen LogP contribution >= 0.6 is 11.3 Å². The highest BCUT2D eigenvalue weighted by Gasteiger charge is 2.33. The molecule has 0 unspecified atom stereocenters. The van der Waals surface area contributed by atoms with E-state index in [2.05, 4.69) is 0 Å². The molecule has 3 rings (SSSR count). The number of hydrogen-bond donors (Lipinski definition) is 0. The van der Waals surface area contributed by atoms with E-state index >= 15 is 0 Å². The van der Waals surface area contributed by atoms with Crippen molar-refractivity contribution in [1.82, 2.24) is 9.80 Å². The summed E-state index contributed by atoms with van der Waals surface area (Å²) in [5, 5.41) is 2.03. The third-order valence-electron chi connectivity index (χ3n) is 5.47. The van der Waals surface area contributed by atoms with Crippen LogP contribution < -0.4 is 4.74 Å². The van der Waals surface area contributed by atoms with Crippen LogP contribution in [0.1, 0.15) is 43.7 Å². The lowest BCUT2D eigenvalue weighted by molar-refractivity contribution is -0.143. The van der Waals surface area contributed by atoms with Crippen molar-refractivity contribution in [2.75, 3.05) is 19.7 Å². The molecule has 2 aromatic rings. The van der Waals surface area contributed by atoms with Crippen molar-refractivity contribution in [2.45, 2.75) is 45.7 Å². The molecule has 0 saturated heterocycles. The van der Waals surface area contributed by atoms with Crippen LogP contribution in [-0.4, -0.2) is 47.4 Å². The lowest BCUT2D eigenvalue weighted by Gasteiger charge is -2.37. The van der Waals surface area contributed by atoms with Crippen LogP contribution in [0.5, 0.6) is 5.75 Å². The summed E-state index contributed by atoms with van der Waals surface area (Å²) in [6, 6.07) is 7.69. The van der Waals surface area contributed by atoms with Gasteiger partial charge >= 0.3 is 0 Å². The highest BCUT2D eigenvalue weighted by Crippen LogP contribution is 2.34. The molecule has 2 amide bonds. The normalized spacial score (nSPS) is 16.8. The van der Waals surface area contributed by atoms with E-state index < -0.39 is 0 Å². The van der Waals surface area contributed by atoms with Crippen LogP contribution in [0.4, 0.5) is 4.39 Å². The first-order chi connectivity index (χ1) is 13.9. The van der Waals surface area contributed by atoms with Gasteiger partial charge in [-0.05, 0) is 61.0 Å². The van der Waals surface area contributed by atoms with Gasteiger partial charge in [0.15, 0.2) is 0 Å². The minimum absolute atomic E-state index is 0.00636. The standard InChI is InChI=1S/C22H27FN2O3S/c1-4-15(2)25(16(3)26)13-22(27)24-11-9-21-19(10-12-29-21)20(24)14-28-18-7-5-17(23)6-8-18/h5-8,10,12,15,20H,4,9,11,13-14H2,1-3H3/t15-,20-/m1/s1. The van der Waals surface area contributed by atoms with Crippen LogP contribution in [0.2, 0.25) is 0 Å². The number of fused-ring (bicyclic) bond motifs is 1. The first-order valence-corrected chi connectivity index (χ1v) is 10.8. The maximum atomic E-state index is 13.2. The second kappa shape index (κ2) is 9.39. The average molecular weight is 419 g/mol. The van der Waals surface area contributed by atoms with E-state index in [4.69, 9.17) is 4.74 Å². The SMILES string of the molecule is CC[C@@H](C)N(CC(=O)N1CCc2sccc2[C@H]1COc1ccc(F)cc1)C(C)=O. The van der Waals surface area contributed by atoms with Gasteiger partial charge in [-0.3, -0.25) is 9.59 Å². The van der Waals surface area contributed by atoms with Gasteiger partial charge in [-0.1, -0.05) is 6.92 Å². The van der Waals surface area contributed by atoms with Gasteiger partial charge in [0.25, 0.3) is 0 Å². The predicted octanol–water partition coefficient (Wildman–Crippen LogP) is 4.04. The van der Waals surface area contributed by atoms with Crippen LogP contribution in [0.3, 0.4) is 0 Å². The summed E-state index contributed by atoms with van der Waals surface area (Å²) >= 11 is 1.69. The Morgan fingerprint density at radius 3 is 2.69 bits per heavy atom. The highest BCUT2D eigenvalue weighted by atomic mass is 32.1. The molecule has 0 N–H and O–H groups in total. The fourth-order valence-corrected chi connectivity index (χ4v) is 4.54. The number of nitrogens with zero attached hydrogens (tertiary/aromatic N) is 2. The van der Waals surface area contributed by atoms with Gasteiger partial charge in [-0.25, -0.2) is 4.39 Å². The van der Waals surface area contributed by atoms with E-state index in [0.717, 1.165) is 18.4 Å². The van der Waals surface area contributed by atoms with Crippen molar-refractivity contribution < 1.29 is 18.7 Å². The van der Waals surface area contributed by atoms with E-state index in [-0.39, 0.29) is 42.9 Å². The number of benzene rings is 1. The van der Waals surface area contributed by atoms with Crippen molar-refractivity contribution in [1.29, 1.82) is 0 Å². The Bertz CT molecular complexity index is 852. The summed E-state index contributed by atoms with van der Waals surface area (Å²) in [6.07, 6.45) is 1.59. The van der Waals surface area contributed by atoms with Gasteiger partial charge in [-0.2, -0.15) is 0 Å². The Balaban J connectivity index is 1.77. The van der Waals surface area contributed by atoms with Gasteiger partial charge < -0.3 is 14.5 Å². The number of carbonyl (C=O) groups is 2. The summed E-state index contributed by atoms with van der Waals surface area (Å²) in [5.41, 5.74) is 1.09. The third-order valence-corrected chi connectivity index (χ3v) is 6.47. The van der Waals surface area contributed by atoms with Crippen molar-refractivity contribution in [2.24, 2.45) is 0 Å². The van der Waals surface area contributed by atoms with Crippen LogP contribution in [0.15, 0.2) is 35.7 Å². The summed E-state index contributed by atoms with van der Waals surface area (Å²) in [6.45, 7) is 6.40. The zero-order chi connectivity index (χ0) is 21.0. The zero-order valence-corrected chi connectivity index (χ0v) is 17.9. The molecule has 29 heavy (non-hydrogen) atoms. The second-order valence-corrected chi connectivity index (χ2v) is 8.32. The number of ether oxygens (including phenoxy) is 1. The molecule has 7 heteroatoms. The molecule has 1 aliphatic heterocycles. The Kier molecular flexibility index (Phi) is 6.90. The van der Waals surface area contributed by atoms with Crippen molar-refractivity contribution in [3.63, 3.8) is 0 Å². The lowest BCUT2D eigenvalue weighted by atomic mass is 10.00. The molecular weight excluding hydrogens is 391 g/mol. The number of thiophene rings is 1. The van der Waals surface area contributed by atoms with E-state index in [1.165, 1.54) is 23.9 Å². The summed E-state index contributed by atoms with van der Waals surface area (Å²) in [5.74, 6) is 0.0672. The fraction of sp³-hybridized carbons (Fsp3) is 0.455. The smallest absolute Gasteiger partial charge is 0.242 e. The molecular formula is C22H27FN2O3S. The molecule has 0 fully saturated rings. The maximum absolute atomic E-state index is 13.2. The number of hydrogen-bond acceptors (Lipinski definition) is 4. The predicted molar refractivity (Wildman–Crippen MR) is 112 cm³/mol. The van der Waals surface area contributed by atoms with E-state index in [1.807, 2.05) is 30.2 Å². The van der Waals surface area contributed by atoms with E-state index in [1.54, 1.807) is 28.4 Å². The minimum Gasteiger partial charge on any atom is -0.491 e. The lowest BCUT2D eigenvalue weighted by Crippen LogP contribution is -2.49. The number of rotatable bonds is 7.